The number of anilines is 1. The lowest BCUT2D eigenvalue weighted by Gasteiger charge is -2.15. The molecule has 4 heteroatoms. The summed E-state index contributed by atoms with van der Waals surface area (Å²) < 4.78 is 5.83. The van der Waals surface area contributed by atoms with Crippen LogP contribution in [0.25, 0.3) is 0 Å². The highest BCUT2D eigenvalue weighted by atomic mass is 16.5. The standard InChI is InChI=1S/C14H13NO3/c16-14(17)15-9-10-5-1-3-7-12(10)18-13-8-4-2-6-11(13)15/h2,4,6-9H,1,3,5H2,(H,16,17). The fourth-order valence-electron chi connectivity index (χ4n) is 2.26. The normalized spacial score (nSPS) is 17.7. The van der Waals surface area contributed by atoms with E-state index in [0.717, 1.165) is 30.6 Å². The van der Waals surface area contributed by atoms with Crippen LogP contribution in [0, 0.1) is 0 Å². The summed E-state index contributed by atoms with van der Waals surface area (Å²) in [4.78, 5) is 12.6. The summed E-state index contributed by atoms with van der Waals surface area (Å²) in [6, 6.07) is 7.18. The number of para-hydroxylation sites is 2. The van der Waals surface area contributed by atoms with Crippen molar-refractivity contribution in [2.45, 2.75) is 19.3 Å². The zero-order chi connectivity index (χ0) is 12.5. The van der Waals surface area contributed by atoms with Crippen LogP contribution in [0.3, 0.4) is 0 Å². The highest BCUT2D eigenvalue weighted by Crippen LogP contribution is 2.37. The zero-order valence-electron chi connectivity index (χ0n) is 9.80. The Morgan fingerprint density at radius 1 is 1.33 bits per heavy atom. The molecule has 1 heterocycles. The van der Waals surface area contributed by atoms with Crippen molar-refractivity contribution in [1.82, 2.24) is 0 Å². The molecule has 92 valence electrons. The lowest BCUT2D eigenvalue weighted by atomic mass is 10.0. The summed E-state index contributed by atoms with van der Waals surface area (Å²) in [6.07, 6.45) is 5.55. The van der Waals surface area contributed by atoms with Crippen LogP contribution in [-0.2, 0) is 0 Å². The number of rotatable bonds is 0. The van der Waals surface area contributed by atoms with Crippen molar-refractivity contribution in [1.29, 1.82) is 0 Å². The largest absolute Gasteiger partial charge is 0.464 e. The van der Waals surface area contributed by atoms with Gasteiger partial charge >= 0.3 is 6.09 Å². The first kappa shape index (κ1) is 10.9. The monoisotopic (exact) mass is 243 g/mol. The van der Waals surface area contributed by atoms with Gasteiger partial charge in [-0.15, -0.1) is 0 Å². The third kappa shape index (κ3) is 1.76. The maximum atomic E-state index is 11.4. The average molecular weight is 243 g/mol. The van der Waals surface area contributed by atoms with Gasteiger partial charge in [0.1, 0.15) is 5.76 Å². The Kier molecular flexibility index (Phi) is 2.55. The summed E-state index contributed by atoms with van der Waals surface area (Å²) in [5.74, 6) is 1.37. The number of amides is 1. The van der Waals surface area contributed by atoms with Crippen LogP contribution in [0.1, 0.15) is 19.3 Å². The number of fused-ring (bicyclic) bond motifs is 2. The van der Waals surface area contributed by atoms with Crippen molar-refractivity contribution >= 4 is 11.8 Å². The average Bonchev–Trinajstić information content (AvgIpc) is 2.55. The molecular weight excluding hydrogens is 230 g/mol. The number of nitrogens with zero attached hydrogens (tertiary/aromatic N) is 1. The topological polar surface area (TPSA) is 49.8 Å². The van der Waals surface area contributed by atoms with Crippen molar-refractivity contribution in [3.8, 4) is 5.75 Å². The van der Waals surface area contributed by atoms with E-state index in [1.54, 1.807) is 24.4 Å². The molecule has 1 N–H and O–H groups in total. The summed E-state index contributed by atoms with van der Waals surface area (Å²) in [5, 5.41) is 9.31. The van der Waals surface area contributed by atoms with Gasteiger partial charge in [-0.3, -0.25) is 0 Å². The Morgan fingerprint density at radius 3 is 3.00 bits per heavy atom. The molecule has 2 aliphatic rings. The van der Waals surface area contributed by atoms with Gasteiger partial charge in [-0.1, -0.05) is 12.1 Å². The van der Waals surface area contributed by atoms with Crippen LogP contribution in [0.5, 0.6) is 5.75 Å². The van der Waals surface area contributed by atoms with Gasteiger partial charge in [-0.2, -0.15) is 0 Å². The number of hydrogen-bond donors (Lipinski definition) is 1. The number of carboxylic acid groups (broad SMARTS) is 1. The van der Waals surface area contributed by atoms with Gasteiger partial charge in [0, 0.05) is 11.8 Å². The minimum atomic E-state index is -0.995. The molecule has 0 atom stereocenters. The van der Waals surface area contributed by atoms with Gasteiger partial charge in [-0.05, 0) is 37.5 Å². The van der Waals surface area contributed by atoms with Crippen LogP contribution in [0.2, 0.25) is 0 Å². The Balaban J connectivity index is 2.15. The van der Waals surface area contributed by atoms with Gasteiger partial charge in [0.25, 0.3) is 0 Å². The highest BCUT2D eigenvalue weighted by Gasteiger charge is 2.24. The minimum Gasteiger partial charge on any atom is -0.464 e. The first-order valence-corrected chi connectivity index (χ1v) is 5.96. The van der Waals surface area contributed by atoms with Gasteiger partial charge in [0.15, 0.2) is 5.75 Å². The lowest BCUT2D eigenvalue weighted by Crippen LogP contribution is -2.23. The van der Waals surface area contributed by atoms with E-state index in [9.17, 15) is 9.90 Å². The van der Waals surface area contributed by atoms with E-state index >= 15 is 0 Å². The predicted octanol–water partition coefficient (Wildman–Crippen LogP) is 3.52. The molecule has 1 aromatic rings. The molecule has 0 saturated heterocycles. The first-order chi connectivity index (χ1) is 8.75. The van der Waals surface area contributed by atoms with E-state index in [2.05, 4.69) is 0 Å². The SMILES string of the molecule is O=C(O)N1C=C2CCCC=C2Oc2ccccc21. The third-order valence-electron chi connectivity index (χ3n) is 3.13. The number of hydrogen-bond acceptors (Lipinski definition) is 2. The molecule has 1 aliphatic heterocycles. The minimum absolute atomic E-state index is 0.563. The fraction of sp³-hybridized carbons (Fsp3) is 0.214. The van der Waals surface area contributed by atoms with Crippen LogP contribution in [0.15, 0.2) is 47.9 Å². The number of carbonyl (C=O) groups is 1. The van der Waals surface area contributed by atoms with E-state index in [-0.39, 0.29) is 0 Å². The maximum absolute atomic E-state index is 11.4. The van der Waals surface area contributed by atoms with Gasteiger partial charge in [0.2, 0.25) is 0 Å². The summed E-state index contributed by atoms with van der Waals surface area (Å²) in [7, 11) is 0. The summed E-state index contributed by atoms with van der Waals surface area (Å²) in [6.45, 7) is 0. The molecule has 3 rings (SSSR count). The molecule has 1 amide bonds. The number of allylic oxidation sites excluding steroid dienone is 2. The second-order valence-corrected chi connectivity index (χ2v) is 4.34. The zero-order valence-corrected chi connectivity index (χ0v) is 9.80. The number of benzene rings is 1. The summed E-state index contributed by atoms with van der Waals surface area (Å²) in [5.41, 5.74) is 1.51. The first-order valence-electron chi connectivity index (χ1n) is 5.96. The molecule has 1 aromatic carbocycles. The highest BCUT2D eigenvalue weighted by molar-refractivity contribution is 5.91. The molecule has 1 aliphatic carbocycles. The van der Waals surface area contributed by atoms with Gasteiger partial charge in [-0.25, -0.2) is 9.69 Å². The predicted molar refractivity (Wildman–Crippen MR) is 67.6 cm³/mol. The second kappa shape index (κ2) is 4.22. The summed E-state index contributed by atoms with van der Waals surface area (Å²) >= 11 is 0. The molecule has 0 bridgehead atoms. The molecule has 4 nitrogen and oxygen atoms in total. The Morgan fingerprint density at radius 2 is 2.17 bits per heavy atom. The van der Waals surface area contributed by atoms with Crippen LogP contribution >= 0.6 is 0 Å². The van der Waals surface area contributed by atoms with Crippen molar-refractivity contribution in [3.05, 3.63) is 47.9 Å². The molecule has 0 radical (unpaired) electrons. The lowest BCUT2D eigenvalue weighted by molar-refractivity contribution is 0.204. The van der Waals surface area contributed by atoms with Crippen molar-refractivity contribution in [3.63, 3.8) is 0 Å². The second-order valence-electron chi connectivity index (χ2n) is 4.34. The van der Waals surface area contributed by atoms with Gasteiger partial charge in [0.05, 0.1) is 5.69 Å². The van der Waals surface area contributed by atoms with E-state index in [4.69, 9.17) is 4.74 Å². The van der Waals surface area contributed by atoms with Crippen molar-refractivity contribution in [2.75, 3.05) is 4.90 Å². The third-order valence-corrected chi connectivity index (χ3v) is 3.13. The fourth-order valence-corrected chi connectivity index (χ4v) is 2.26. The number of ether oxygens (including phenoxy) is 1. The molecule has 0 saturated carbocycles. The molecule has 0 unspecified atom stereocenters. The van der Waals surface area contributed by atoms with Crippen LogP contribution in [0.4, 0.5) is 10.5 Å². The molecule has 0 fully saturated rings. The van der Waals surface area contributed by atoms with Crippen LogP contribution < -0.4 is 9.64 Å². The van der Waals surface area contributed by atoms with E-state index in [1.807, 2.05) is 12.1 Å². The van der Waals surface area contributed by atoms with Crippen molar-refractivity contribution in [2.24, 2.45) is 0 Å². The maximum Gasteiger partial charge on any atom is 0.416 e. The molecule has 0 spiro atoms. The Bertz CT molecular complexity index is 560. The van der Waals surface area contributed by atoms with Crippen LogP contribution in [-0.4, -0.2) is 11.2 Å². The quantitative estimate of drug-likeness (QED) is 0.758. The van der Waals surface area contributed by atoms with E-state index in [1.165, 1.54) is 4.90 Å². The molecule has 0 aromatic heterocycles. The van der Waals surface area contributed by atoms with E-state index < -0.39 is 6.09 Å². The smallest absolute Gasteiger partial charge is 0.416 e. The van der Waals surface area contributed by atoms with Gasteiger partial charge < -0.3 is 9.84 Å². The Hall–Kier alpha value is -2.23. The Labute approximate surface area is 105 Å². The van der Waals surface area contributed by atoms with E-state index in [0.29, 0.717) is 11.4 Å². The van der Waals surface area contributed by atoms with Crippen molar-refractivity contribution < 1.29 is 14.6 Å². The molecular formula is C14H13NO3. The molecule has 18 heavy (non-hydrogen) atoms.